The van der Waals surface area contributed by atoms with Crippen molar-refractivity contribution in [2.24, 2.45) is 0 Å². The molecule has 2 saturated heterocycles. The lowest BCUT2D eigenvalue weighted by molar-refractivity contribution is -0.348. The molecule has 0 spiro atoms. The monoisotopic (exact) mass is 340 g/mol. The second kappa shape index (κ2) is 6.93. The number of carboxylic acid groups (broad SMARTS) is 1. The molecule has 2 aliphatic heterocycles. The minimum atomic E-state index is -1.89. The van der Waals surface area contributed by atoms with Crippen LogP contribution in [-0.2, 0) is 19.0 Å². The highest BCUT2D eigenvalue weighted by Gasteiger charge is 2.51. The first-order valence-electron chi connectivity index (χ1n) is 6.92. The Bertz CT molecular complexity index is 417. The Kier molecular flexibility index (Phi) is 5.56. The summed E-state index contributed by atoms with van der Waals surface area (Å²) in [5.41, 5.74) is 0. The molecule has 0 aromatic heterocycles. The van der Waals surface area contributed by atoms with Crippen molar-refractivity contribution in [2.45, 2.75) is 68.3 Å². The van der Waals surface area contributed by atoms with Crippen molar-refractivity contribution in [1.29, 1.82) is 0 Å². The van der Waals surface area contributed by atoms with Crippen molar-refractivity contribution in [2.75, 3.05) is 0 Å². The fourth-order valence-corrected chi connectivity index (χ4v) is 2.49. The highest BCUT2D eigenvalue weighted by atomic mass is 16.7. The summed E-state index contributed by atoms with van der Waals surface area (Å²) in [7, 11) is 0. The Labute approximate surface area is 130 Å². The molecule has 0 aliphatic carbocycles. The quantitative estimate of drug-likeness (QED) is 0.263. The summed E-state index contributed by atoms with van der Waals surface area (Å²) in [6, 6.07) is 0. The number of rotatable bonds is 3. The topological polar surface area (TPSA) is 186 Å². The molecule has 2 rings (SSSR count). The lowest BCUT2D eigenvalue weighted by Crippen LogP contribution is -2.64. The van der Waals surface area contributed by atoms with Crippen LogP contribution in [-0.4, -0.2) is 103 Å². The average molecular weight is 340 g/mol. The third kappa shape index (κ3) is 3.47. The van der Waals surface area contributed by atoms with Gasteiger partial charge in [-0.15, -0.1) is 0 Å². The Morgan fingerprint density at radius 2 is 1.48 bits per heavy atom. The highest BCUT2D eigenvalue weighted by Crippen LogP contribution is 2.28. The van der Waals surface area contributed by atoms with E-state index in [9.17, 15) is 35.4 Å². The molecule has 0 radical (unpaired) electrons. The molecule has 0 amide bonds. The number of hydrogen-bond donors (Lipinski definition) is 7. The fourth-order valence-electron chi connectivity index (χ4n) is 2.49. The summed E-state index contributed by atoms with van der Waals surface area (Å²) in [5.74, 6) is -1.60. The van der Waals surface area contributed by atoms with E-state index in [0.29, 0.717) is 0 Å². The van der Waals surface area contributed by atoms with E-state index < -0.39 is 67.4 Å². The van der Waals surface area contributed by atoms with Gasteiger partial charge in [-0.2, -0.15) is 0 Å². The standard InChI is InChI=1S/C12H20O11/c1-2-3(13)8(7(17)11(20)21-2)22-12-6(16)4(14)5(15)9(23-12)10(18)19/h2-9,11-17,20H,1H3,(H,18,19). The van der Waals surface area contributed by atoms with Gasteiger partial charge >= 0.3 is 5.97 Å². The zero-order valence-electron chi connectivity index (χ0n) is 12.0. The van der Waals surface area contributed by atoms with Gasteiger partial charge in [-0.25, -0.2) is 4.79 Å². The molecule has 2 heterocycles. The number of aliphatic carboxylic acids is 1. The molecule has 0 bridgehead atoms. The van der Waals surface area contributed by atoms with E-state index in [2.05, 4.69) is 0 Å². The Hall–Kier alpha value is -0.890. The van der Waals surface area contributed by atoms with Crippen molar-refractivity contribution in [3.8, 4) is 0 Å². The van der Waals surface area contributed by atoms with E-state index in [4.69, 9.17) is 19.3 Å². The van der Waals surface area contributed by atoms with E-state index in [1.807, 2.05) is 0 Å². The molecule has 7 N–H and O–H groups in total. The summed E-state index contributed by atoms with van der Waals surface area (Å²) in [6.07, 6.45) is -16.5. The van der Waals surface area contributed by atoms with Crippen LogP contribution in [0.1, 0.15) is 6.92 Å². The van der Waals surface area contributed by atoms with Crippen molar-refractivity contribution < 1.29 is 54.8 Å². The van der Waals surface area contributed by atoms with Gasteiger partial charge in [-0.3, -0.25) is 0 Å². The number of aliphatic hydroxyl groups is 6. The van der Waals surface area contributed by atoms with Crippen LogP contribution in [0.25, 0.3) is 0 Å². The summed E-state index contributed by atoms with van der Waals surface area (Å²) in [4.78, 5) is 11.0. The fraction of sp³-hybridized carbons (Fsp3) is 0.917. The molecule has 0 saturated carbocycles. The van der Waals surface area contributed by atoms with E-state index in [0.717, 1.165) is 0 Å². The third-order valence-corrected chi connectivity index (χ3v) is 3.90. The van der Waals surface area contributed by atoms with Gasteiger partial charge in [0.15, 0.2) is 18.7 Å². The summed E-state index contributed by atoms with van der Waals surface area (Å²) in [6.45, 7) is 1.40. The maximum absolute atomic E-state index is 11.0. The van der Waals surface area contributed by atoms with E-state index >= 15 is 0 Å². The van der Waals surface area contributed by atoms with Crippen LogP contribution in [0.3, 0.4) is 0 Å². The lowest BCUT2D eigenvalue weighted by atomic mass is 9.97. The number of hydrogen-bond acceptors (Lipinski definition) is 10. The predicted molar refractivity (Wildman–Crippen MR) is 67.8 cm³/mol. The molecule has 11 nitrogen and oxygen atoms in total. The first-order valence-corrected chi connectivity index (χ1v) is 6.92. The normalized spacial score (nSPS) is 51.4. The Balaban J connectivity index is 2.15. The van der Waals surface area contributed by atoms with Gasteiger partial charge in [0.2, 0.25) is 0 Å². The molecule has 10 unspecified atom stereocenters. The summed E-state index contributed by atoms with van der Waals surface area (Å²) >= 11 is 0. The molecular weight excluding hydrogens is 320 g/mol. The second-order valence-electron chi connectivity index (χ2n) is 5.55. The van der Waals surface area contributed by atoms with Crippen molar-refractivity contribution in [3.05, 3.63) is 0 Å². The van der Waals surface area contributed by atoms with Gasteiger partial charge in [-0.05, 0) is 6.92 Å². The van der Waals surface area contributed by atoms with Gasteiger partial charge in [0, 0.05) is 0 Å². The van der Waals surface area contributed by atoms with Crippen molar-refractivity contribution >= 4 is 5.97 Å². The molecule has 2 fully saturated rings. The molecule has 11 heteroatoms. The first kappa shape index (κ1) is 18.4. The molecule has 0 aromatic carbocycles. The van der Waals surface area contributed by atoms with Gasteiger partial charge in [-0.1, -0.05) is 0 Å². The average Bonchev–Trinajstić information content (AvgIpc) is 2.49. The molecule has 0 aromatic rings. The van der Waals surface area contributed by atoms with Gasteiger partial charge in [0.25, 0.3) is 0 Å². The van der Waals surface area contributed by atoms with Gasteiger partial charge in [0.1, 0.15) is 36.6 Å². The van der Waals surface area contributed by atoms with Crippen LogP contribution in [0.15, 0.2) is 0 Å². The number of ether oxygens (including phenoxy) is 3. The molecule has 134 valence electrons. The zero-order chi connectivity index (χ0) is 17.5. The SMILES string of the molecule is CC1OC(O)C(O)C(OC2OC(C(=O)O)C(O)C(O)C2O)C1O. The Morgan fingerprint density at radius 1 is 0.870 bits per heavy atom. The minimum absolute atomic E-state index is 0.926. The predicted octanol–water partition coefficient (Wildman–Crippen LogP) is -4.28. The van der Waals surface area contributed by atoms with Crippen molar-refractivity contribution in [3.63, 3.8) is 0 Å². The molecule has 23 heavy (non-hydrogen) atoms. The maximum Gasteiger partial charge on any atom is 0.335 e. The van der Waals surface area contributed by atoms with Gasteiger partial charge < -0.3 is 50.0 Å². The highest BCUT2D eigenvalue weighted by molar-refractivity contribution is 5.73. The number of carboxylic acids is 1. The molecule has 2 aliphatic rings. The van der Waals surface area contributed by atoms with E-state index in [1.54, 1.807) is 0 Å². The maximum atomic E-state index is 11.0. The Morgan fingerprint density at radius 3 is 2.04 bits per heavy atom. The van der Waals surface area contributed by atoms with Crippen LogP contribution in [0.5, 0.6) is 0 Å². The molecular formula is C12H20O11. The second-order valence-corrected chi connectivity index (χ2v) is 5.55. The van der Waals surface area contributed by atoms with Crippen LogP contribution < -0.4 is 0 Å². The van der Waals surface area contributed by atoms with Crippen LogP contribution in [0.2, 0.25) is 0 Å². The third-order valence-electron chi connectivity index (χ3n) is 3.90. The first-order chi connectivity index (χ1) is 10.6. The van der Waals surface area contributed by atoms with E-state index in [1.165, 1.54) is 6.92 Å². The smallest absolute Gasteiger partial charge is 0.335 e. The largest absolute Gasteiger partial charge is 0.479 e. The van der Waals surface area contributed by atoms with Crippen LogP contribution >= 0.6 is 0 Å². The number of carbonyl (C=O) groups is 1. The lowest BCUT2D eigenvalue weighted by Gasteiger charge is -2.44. The van der Waals surface area contributed by atoms with E-state index in [-0.39, 0.29) is 0 Å². The summed E-state index contributed by atoms with van der Waals surface area (Å²) < 4.78 is 14.9. The summed E-state index contributed by atoms with van der Waals surface area (Å²) in [5, 5.41) is 67.3. The molecule has 10 atom stereocenters. The van der Waals surface area contributed by atoms with Crippen LogP contribution in [0, 0.1) is 0 Å². The van der Waals surface area contributed by atoms with Gasteiger partial charge in [0.05, 0.1) is 6.10 Å². The zero-order valence-corrected chi connectivity index (χ0v) is 12.0. The number of aliphatic hydroxyl groups excluding tert-OH is 6. The minimum Gasteiger partial charge on any atom is -0.479 e. The van der Waals surface area contributed by atoms with Crippen LogP contribution in [0.4, 0.5) is 0 Å². The van der Waals surface area contributed by atoms with Crippen molar-refractivity contribution in [1.82, 2.24) is 0 Å².